The molecule has 3 aromatic rings. The van der Waals surface area contributed by atoms with E-state index < -0.39 is 15.9 Å². The first kappa shape index (κ1) is 21.8. The molecule has 0 aliphatic rings. The molecule has 1 heterocycles. The summed E-state index contributed by atoms with van der Waals surface area (Å²) in [6.07, 6.45) is 1.06. The summed E-state index contributed by atoms with van der Waals surface area (Å²) in [5.41, 5.74) is 2.96. The van der Waals surface area contributed by atoms with Gasteiger partial charge in [0.05, 0.1) is 18.5 Å². The average Bonchev–Trinajstić information content (AvgIpc) is 3.12. The molecule has 0 saturated carbocycles. The predicted molar refractivity (Wildman–Crippen MR) is 115 cm³/mol. The molecule has 0 aliphatic carbocycles. The molecule has 0 saturated heterocycles. The molecule has 0 atom stereocenters. The zero-order valence-electron chi connectivity index (χ0n) is 16.7. The quantitative estimate of drug-likeness (QED) is 0.595. The van der Waals surface area contributed by atoms with Crippen molar-refractivity contribution in [1.29, 1.82) is 0 Å². The van der Waals surface area contributed by atoms with Gasteiger partial charge in [0.15, 0.2) is 0 Å². The van der Waals surface area contributed by atoms with Gasteiger partial charge in [0.2, 0.25) is 27.6 Å². The number of carbonyl (C=O) groups excluding carboxylic acids is 1. The number of hydrogen-bond acceptors (Lipinski definition) is 6. The summed E-state index contributed by atoms with van der Waals surface area (Å²) in [5.74, 6) is 0.0698. The zero-order chi connectivity index (χ0) is 21.9. The van der Waals surface area contributed by atoms with E-state index in [2.05, 4.69) is 15.5 Å². The van der Waals surface area contributed by atoms with Crippen LogP contribution in [-0.2, 0) is 21.4 Å². The monoisotopic (exact) mass is 448 g/mol. The molecule has 1 aromatic heterocycles. The number of benzene rings is 2. The maximum absolute atomic E-state index is 12.4. The molecule has 158 valence electrons. The van der Waals surface area contributed by atoms with Crippen molar-refractivity contribution in [2.24, 2.45) is 0 Å². The fraction of sp³-hybridized carbons (Fsp3) is 0.250. The lowest BCUT2D eigenvalue weighted by molar-refractivity contribution is -0.119. The van der Waals surface area contributed by atoms with Gasteiger partial charge in [-0.1, -0.05) is 22.8 Å². The molecule has 8 nitrogen and oxygen atoms in total. The third-order valence-corrected chi connectivity index (χ3v) is 5.58. The van der Waals surface area contributed by atoms with Gasteiger partial charge in [0.1, 0.15) is 6.54 Å². The largest absolute Gasteiger partial charge is 0.345 e. The fourth-order valence-electron chi connectivity index (χ4n) is 2.90. The number of amides is 1. The van der Waals surface area contributed by atoms with Gasteiger partial charge in [-0.3, -0.25) is 9.10 Å². The smallest absolute Gasteiger partial charge is 0.246 e. The Morgan fingerprint density at radius 1 is 1.13 bits per heavy atom. The highest BCUT2D eigenvalue weighted by molar-refractivity contribution is 7.92. The highest BCUT2D eigenvalue weighted by atomic mass is 35.5. The summed E-state index contributed by atoms with van der Waals surface area (Å²) in [5, 5.41) is 7.08. The lowest BCUT2D eigenvalue weighted by Gasteiger charge is -2.22. The molecule has 0 spiro atoms. The molecule has 10 heteroatoms. The van der Waals surface area contributed by atoms with Crippen molar-refractivity contribution in [2.75, 3.05) is 17.1 Å². The minimum absolute atomic E-state index is 0.0239. The molecule has 0 unspecified atom stereocenters. The van der Waals surface area contributed by atoms with Crippen LogP contribution in [0.2, 0.25) is 5.02 Å². The van der Waals surface area contributed by atoms with Gasteiger partial charge in [-0.2, -0.15) is 4.98 Å². The molecule has 1 N–H and O–H groups in total. The topological polar surface area (TPSA) is 105 Å². The molecular formula is C20H21ClN4O4S. The Kier molecular flexibility index (Phi) is 6.42. The normalized spacial score (nSPS) is 11.3. The molecule has 3 rings (SSSR count). The fourth-order valence-corrected chi connectivity index (χ4v) is 3.86. The van der Waals surface area contributed by atoms with Crippen molar-refractivity contribution in [3.63, 3.8) is 0 Å². The summed E-state index contributed by atoms with van der Waals surface area (Å²) in [6.45, 7) is 3.35. The Morgan fingerprint density at radius 2 is 1.77 bits per heavy atom. The van der Waals surface area contributed by atoms with Gasteiger partial charge in [0, 0.05) is 10.6 Å². The van der Waals surface area contributed by atoms with Gasteiger partial charge >= 0.3 is 0 Å². The Bertz CT molecular complexity index is 1140. The van der Waals surface area contributed by atoms with Crippen LogP contribution in [0.4, 0.5) is 5.69 Å². The average molecular weight is 449 g/mol. The molecule has 0 fully saturated rings. The number of aryl methyl sites for hydroxylation is 2. The lowest BCUT2D eigenvalue weighted by Crippen LogP contribution is -2.40. The van der Waals surface area contributed by atoms with E-state index in [0.29, 0.717) is 16.5 Å². The van der Waals surface area contributed by atoms with E-state index in [9.17, 15) is 13.2 Å². The number of halogens is 1. The maximum Gasteiger partial charge on any atom is 0.246 e. The number of hydrogen-bond donors (Lipinski definition) is 1. The van der Waals surface area contributed by atoms with Crippen molar-refractivity contribution < 1.29 is 17.7 Å². The van der Waals surface area contributed by atoms with Crippen LogP contribution in [0, 0.1) is 13.8 Å². The molecule has 0 bridgehead atoms. The number of rotatable bonds is 7. The van der Waals surface area contributed by atoms with Gasteiger partial charge in [0.25, 0.3) is 0 Å². The van der Waals surface area contributed by atoms with E-state index in [-0.39, 0.29) is 19.0 Å². The van der Waals surface area contributed by atoms with Gasteiger partial charge in [-0.15, -0.1) is 0 Å². The van der Waals surface area contributed by atoms with E-state index in [1.165, 1.54) is 0 Å². The second-order valence-corrected chi connectivity index (χ2v) is 9.25. The van der Waals surface area contributed by atoms with E-state index in [0.717, 1.165) is 27.3 Å². The van der Waals surface area contributed by atoms with Crippen molar-refractivity contribution in [2.45, 2.75) is 20.4 Å². The highest BCUT2D eigenvalue weighted by Gasteiger charge is 2.21. The Balaban J connectivity index is 1.67. The third-order valence-electron chi connectivity index (χ3n) is 4.19. The molecule has 2 aromatic carbocycles. The number of anilines is 1. The molecule has 0 aliphatic heterocycles. The Hall–Kier alpha value is -2.91. The Labute approximate surface area is 179 Å². The first-order chi connectivity index (χ1) is 14.1. The second-order valence-electron chi connectivity index (χ2n) is 6.91. The van der Waals surface area contributed by atoms with Crippen molar-refractivity contribution in [1.82, 2.24) is 15.5 Å². The van der Waals surface area contributed by atoms with Crippen LogP contribution in [0.1, 0.15) is 17.0 Å². The SMILES string of the molecule is Cc1cc(C)cc(N(CC(=O)NCc2nc(-c3ccc(Cl)cc3)no2)S(C)(=O)=O)c1. The molecule has 0 radical (unpaired) electrons. The van der Waals surface area contributed by atoms with Crippen molar-refractivity contribution in [3.05, 3.63) is 64.5 Å². The minimum Gasteiger partial charge on any atom is -0.345 e. The number of aromatic nitrogens is 2. The maximum atomic E-state index is 12.4. The number of nitrogens with zero attached hydrogens (tertiary/aromatic N) is 3. The summed E-state index contributed by atoms with van der Waals surface area (Å²) in [4.78, 5) is 16.6. The predicted octanol–water partition coefficient (Wildman–Crippen LogP) is 3.09. The van der Waals surface area contributed by atoms with Gasteiger partial charge in [-0.05, 0) is 61.4 Å². The summed E-state index contributed by atoms with van der Waals surface area (Å²) in [7, 11) is -3.65. The molecule has 30 heavy (non-hydrogen) atoms. The van der Waals surface area contributed by atoms with Crippen LogP contribution in [0.25, 0.3) is 11.4 Å². The van der Waals surface area contributed by atoms with Gasteiger partial charge in [-0.25, -0.2) is 8.42 Å². The Morgan fingerprint density at radius 3 is 2.37 bits per heavy atom. The summed E-state index contributed by atoms with van der Waals surface area (Å²) >= 11 is 5.87. The van der Waals surface area contributed by atoms with E-state index in [1.54, 1.807) is 36.4 Å². The highest BCUT2D eigenvalue weighted by Crippen LogP contribution is 2.21. The first-order valence-electron chi connectivity index (χ1n) is 9.03. The van der Waals surface area contributed by atoms with Gasteiger partial charge < -0.3 is 9.84 Å². The van der Waals surface area contributed by atoms with Crippen LogP contribution < -0.4 is 9.62 Å². The number of sulfonamides is 1. The molecule has 1 amide bonds. The number of carbonyl (C=O) groups is 1. The van der Waals surface area contributed by atoms with E-state index in [1.807, 2.05) is 19.9 Å². The van der Waals surface area contributed by atoms with Crippen LogP contribution in [-0.4, -0.2) is 37.3 Å². The minimum atomic E-state index is -3.65. The second kappa shape index (κ2) is 8.85. The van der Waals surface area contributed by atoms with Crippen LogP contribution in [0.15, 0.2) is 47.0 Å². The van der Waals surface area contributed by atoms with Crippen LogP contribution in [0.5, 0.6) is 0 Å². The van der Waals surface area contributed by atoms with Crippen molar-refractivity contribution in [3.8, 4) is 11.4 Å². The first-order valence-corrected chi connectivity index (χ1v) is 11.3. The van der Waals surface area contributed by atoms with Crippen LogP contribution in [0.3, 0.4) is 0 Å². The molecular weight excluding hydrogens is 428 g/mol. The van der Waals surface area contributed by atoms with E-state index >= 15 is 0 Å². The standard InChI is InChI=1S/C20H21ClN4O4S/c1-13-8-14(2)10-17(9-13)25(30(3,27)28)12-18(26)22-11-19-23-20(24-29-19)15-4-6-16(21)7-5-15/h4-10H,11-12H2,1-3H3,(H,22,26). The summed E-state index contributed by atoms with van der Waals surface area (Å²) < 4.78 is 30.7. The number of nitrogens with one attached hydrogen (secondary N) is 1. The zero-order valence-corrected chi connectivity index (χ0v) is 18.3. The summed E-state index contributed by atoms with van der Waals surface area (Å²) in [6, 6.07) is 12.3. The lowest BCUT2D eigenvalue weighted by atomic mass is 10.1. The van der Waals surface area contributed by atoms with Crippen LogP contribution >= 0.6 is 11.6 Å². The van der Waals surface area contributed by atoms with Crippen molar-refractivity contribution >= 4 is 33.2 Å². The van der Waals surface area contributed by atoms with E-state index in [4.69, 9.17) is 16.1 Å². The third kappa shape index (κ3) is 5.58.